The number of esters is 1. The maximum Gasteiger partial charge on any atom is 0.321 e. The Bertz CT molecular complexity index is 364. The monoisotopic (exact) mass is 224 g/mol. The zero-order chi connectivity index (χ0) is 12.0. The third kappa shape index (κ3) is 4.10. The van der Waals surface area contributed by atoms with Gasteiger partial charge in [-0.25, -0.2) is 0 Å². The first-order valence-corrected chi connectivity index (χ1v) is 4.77. The molecule has 3 N–H and O–H groups in total. The fourth-order valence-electron chi connectivity index (χ4n) is 1.06. The maximum absolute atomic E-state index is 11.2. The van der Waals surface area contributed by atoms with Gasteiger partial charge in [-0.3, -0.25) is 9.59 Å². The van der Waals surface area contributed by atoms with E-state index in [0.29, 0.717) is 0 Å². The predicted molar refractivity (Wildman–Crippen MR) is 56.5 cm³/mol. The molecular weight excluding hydrogens is 211 g/mol. The van der Waals surface area contributed by atoms with Gasteiger partial charge in [-0.2, -0.15) is 0 Å². The number of carbonyl (C=O) groups is 2. The molecule has 0 fully saturated rings. The minimum Gasteiger partial charge on any atom is -0.480 e. The zero-order valence-corrected chi connectivity index (χ0v) is 8.63. The van der Waals surface area contributed by atoms with Crippen molar-refractivity contribution in [3.8, 4) is 0 Å². The molecule has 0 aliphatic rings. The number of aliphatic carboxylic acids is 1. The molecule has 0 saturated heterocycles. The number of hydrogen-bond acceptors (Lipinski definition) is 4. The van der Waals surface area contributed by atoms with Gasteiger partial charge in [0.15, 0.2) is 0 Å². The van der Waals surface area contributed by atoms with Gasteiger partial charge in [0.2, 0.25) is 0 Å². The lowest BCUT2D eigenvalue weighted by molar-refractivity contribution is -0.149. The Morgan fingerprint density at radius 2 is 1.94 bits per heavy atom. The summed E-state index contributed by atoms with van der Waals surface area (Å²) in [6.45, 7) is 0.131. The number of hydrogen-bond donors (Lipinski definition) is 2. The average Bonchev–Trinajstić information content (AvgIpc) is 2.27. The molecule has 0 radical (unpaired) electrons. The molecule has 0 saturated carbocycles. The molecule has 1 aromatic rings. The van der Waals surface area contributed by atoms with Crippen LogP contribution in [0, 0.1) is 0 Å². The summed E-state index contributed by atoms with van der Waals surface area (Å²) >= 11 is 0. The number of rotatable bonds is 5. The Hall–Kier alpha value is -1.88. The molecule has 0 spiro atoms. The van der Waals surface area contributed by atoms with Crippen LogP contribution in [0.3, 0.4) is 0 Å². The lowest BCUT2D eigenvalue weighted by atomic mass is 10.2. The van der Waals surface area contributed by atoms with Crippen LogP contribution in [0.25, 0.3) is 0 Å². The summed E-state index contributed by atoms with van der Waals surface area (Å²) in [5.74, 6) is -1.82. The minimum absolute atomic E-state index is 0.131. The lowest BCUT2D eigenvalue weighted by Crippen LogP contribution is -2.33. The Kier molecular flexibility index (Phi) is 4.47. The van der Waals surface area contributed by atoms with Crippen LogP contribution < -0.4 is 5.73 Å². The predicted octanol–water partition coefficient (Wildman–Crippen LogP) is 0.532. The maximum atomic E-state index is 11.2. The van der Waals surface area contributed by atoms with Gasteiger partial charge in [0.25, 0.3) is 0 Å². The number of carbonyl (C=O) groups excluding carboxylic acids is 1. The molecule has 16 heavy (non-hydrogen) atoms. The summed E-state index contributed by atoms with van der Waals surface area (Å²) in [6, 6.07) is 7.92. The third-order valence-electron chi connectivity index (χ3n) is 1.95. The Labute approximate surface area is 92.8 Å². The van der Waals surface area contributed by atoms with Crippen LogP contribution in [0.5, 0.6) is 0 Å². The molecule has 1 aromatic carbocycles. The van der Waals surface area contributed by atoms with Gasteiger partial charge in [0.05, 0.1) is 6.42 Å². The van der Waals surface area contributed by atoms with Gasteiger partial charge in [-0.15, -0.1) is 0 Å². The van der Waals surface area contributed by atoms with Crippen molar-refractivity contribution in [2.24, 2.45) is 5.73 Å². The smallest absolute Gasteiger partial charge is 0.321 e. The first-order valence-electron chi connectivity index (χ1n) is 4.77. The van der Waals surface area contributed by atoms with Crippen LogP contribution in [-0.4, -0.2) is 23.1 Å². The van der Waals surface area contributed by atoms with Gasteiger partial charge in [0, 0.05) is 0 Å². The molecule has 0 amide bonds. The third-order valence-corrected chi connectivity index (χ3v) is 1.95. The molecule has 0 aromatic heterocycles. The SMILES string of the molecule is [15NH2][C@@H](CC(=O)OCc1ccccc1)C(=O)O. The molecule has 0 bridgehead atoms. The van der Waals surface area contributed by atoms with Crippen molar-refractivity contribution in [1.82, 2.24) is 0 Å². The van der Waals surface area contributed by atoms with Crippen molar-refractivity contribution in [2.75, 3.05) is 0 Å². The number of benzene rings is 1. The van der Waals surface area contributed by atoms with E-state index in [1.54, 1.807) is 0 Å². The van der Waals surface area contributed by atoms with Crippen molar-refractivity contribution in [3.63, 3.8) is 0 Å². The molecular formula is C11H13NO4. The quantitative estimate of drug-likeness (QED) is 0.562. The Balaban J connectivity index is 2.33. The molecule has 5 heteroatoms. The molecule has 5 nitrogen and oxygen atoms in total. The Morgan fingerprint density at radius 3 is 2.50 bits per heavy atom. The summed E-state index contributed by atoms with van der Waals surface area (Å²) in [4.78, 5) is 21.5. The summed E-state index contributed by atoms with van der Waals surface area (Å²) in [7, 11) is 0. The van der Waals surface area contributed by atoms with Crippen LogP contribution in [0.2, 0.25) is 0 Å². The summed E-state index contributed by atoms with van der Waals surface area (Å²) in [5.41, 5.74) is 6.03. The molecule has 0 aliphatic heterocycles. The zero-order valence-electron chi connectivity index (χ0n) is 8.63. The lowest BCUT2D eigenvalue weighted by Gasteiger charge is -2.07. The van der Waals surface area contributed by atoms with Crippen molar-refractivity contribution < 1.29 is 19.4 Å². The first-order chi connectivity index (χ1) is 7.59. The van der Waals surface area contributed by atoms with Crippen molar-refractivity contribution >= 4 is 11.9 Å². The van der Waals surface area contributed by atoms with E-state index in [4.69, 9.17) is 15.6 Å². The van der Waals surface area contributed by atoms with Crippen molar-refractivity contribution in [3.05, 3.63) is 35.9 Å². The molecule has 0 aliphatic carbocycles. The molecule has 1 atom stereocenters. The summed E-state index contributed by atoms with van der Waals surface area (Å²) in [5, 5.41) is 8.48. The second kappa shape index (κ2) is 5.87. The van der Waals surface area contributed by atoms with Gasteiger partial charge >= 0.3 is 11.9 Å². The van der Waals surface area contributed by atoms with Crippen molar-refractivity contribution in [1.29, 1.82) is 0 Å². The highest BCUT2D eigenvalue weighted by Gasteiger charge is 2.17. The van der Waals surface area contributed by atoms with E-state index in [-0.39, 0.29) is 13.0 Å². The summed E-state index contributed by atoms with van der Waals surface area (Å²) < 4.78 is 4.87. The number of carboxylic acid groups (broad SMARTS) is 1. The van der Waals surface area contributed by atoms with Gasteiger partial charge in [0.1, 0.15) is 12.6 Å². The first kappa shape index (κ1) is 12.2. The number of ether oxygens (including phenoxy) is 1. The van der Waals surface area contributed by atoms with Gasteiger partial charge in [-0.1, -0.05) is 30.3 Å². The summed E-state index contributed by atoms with van der Waals surface area (Å²) in [6.07, 6.45) is -0.317. The Morgan fingerprint density at radius 1 is 1.31 bits per heavy atom. The van der Waals surface area contributed by atoms with Gasteiger partial charge in [-0.05, 0) is 5.56 Å². The molecule has 1 rings (SSSR count). The molecule has 0 unspecified atom stereocenters. The van der Waals surface area contributed by atoms with E-state index in [1.165, 1.54) is 0 Å². The van der Waals surface area contributed by atoms with E-state index in [1.807, 2.05) is 30.3 Å². The van der Waals surface area contributed by atoms with E-state index in [2.05, 4.69) is 0 Å². The van der Waals surface area contributed by atoms with Crippen LogP contribution in [0.4, 0.5) is 0 Å². The highest BCUT2D eigenvalue weighted by atomic mass is 16.5. The number of carboxylic acids is 1. The van der Waals surface area contributed by atoms with Crippen molar-refractivity contribution in [2.45, 2.75) is 19.1 Å². The second-order valence-corrected chi connectivity index (χ2v) is 3.30. The fraction of sp³-hybridized carbons (Fsp3) is 0.273. The highest BCUT2D eigenvalue weighted by Crippen LogP contribution is 2.02. The molecule has 0 heterocycles. The van der Waals surface area contributed by atoms with E-state index >= 15 is 0 Å². The van der Waals surface area contributed by atoms with Crippen LogP contribution >= 0.6 is 0 Å². The minimum atomic E-state index is -1.21. The van der Waals surface area contributed by atoms with Crippen LogP contribution in [0.15, 0.2) is 30.3 Å². The standard InChI is InChI=1S/C11H13NO4/c12-9(11(14)15)6-10(13)16-7-8-4-2-1-3-5-8/h1-5,9H,6-7,12H2,(H,14,15)/t9-/m0/s1/i12+1. The normalized spacial score (nSPS) is 11.8. The van der Waals surface area contributed by atoms with E-state index < -0.39 is 18.0 Å². The molecule has 86 valence electrons. The number of nitrogens with two attached hydrogens (primary N) is 1. The largest absolute Gasteiger partial charge is 0.480 e. The van der Waals surface area contributed by atoms with E-state index in [0.717, 1.165) is 5.56 Å². The topological polar surface area (TPSA) is 89.6 Å². The highest BCUT2D eigenvalue weighted by molar-refractivity contribution is 5.81. The fourth-order valence-corrected chi connectivity index (χ4v) is 1.06. The average molecular weight is 224 g/mol. The van der Waals surface area contributed by atoms with Crippen LogP contribution in [-0.2, 0) is 20.9 Å². The second-order valence-electron chi connectivity index (χ2n) is 3.30. The van der Waals surface area contributed by atoms with Gasteiger partial charge < -0.3 is 15.6 Å². The van der Waals surface area contributed by atoms with Crippen LogP contribution in [0.1, 0.15) is 12.0 Å². The van der Waals surface area contributed by atoms with E-state index in [9.17, 15) is 9.59 Å².